The lowest BCUT2D eigenvalue weighted by Gasteiger charge is -2.28. The molecule has 0 saturated carbocycles. The van der Waals surface area contributed by atoms with Crippen molar-refractivity contribution in [3.05, 3.63) is 0 Å². The summed E-state index contributed by atoms with van der Waals surface area (Å²) in [5, 5.41) is 0. The van der Waals surface area contributed by atoms with Crippen molar-refractivity contribution in [2.45, 2.75) is 169 Å². The maximum atomic E-state index is 2.37. The van der Waals surface area contributed by atoms with E-state index in [1.165, 1.54) is 116 Å². The largest absolute Gasteiger partial charge is 0.0654 e. The average Bonchev–Trinajstić information content (AvgIpc) is 2.78. The summed E-state index contributed by atoms with van der Waals surface area (Å²) in [5.74, 6) is 0. The number of unbranched alkanes of at least 4 members (excludes halogenated alkanes) is 18. The van der Waals surface area contributed by atoms with Crippen LogP contribution in [-0.2, 0) is 0 Å². The van der Waals surface area contributed by atoms with Crippen molar-refractivity contribution in [2.75, 3.05) is 24.6 Å². The van der Waals surface area contributed by atoms with Crippen LogP contribution < -0.4 is 0 Å². The van der Waals surface area contributed by atoms with Crippen LogP contribution in [0.2, 0.25) is 0 Å². The molecule has 0 radical (unpaired) electrons. The molecule has 0 rings (SSSR count). The van der Waals surface area contributed by atoms with Crippen molar-refractivity contribution < 1.29 is 0 Å². The molecule has 0 aliphatic carbocycles. The normalized spacial score (nSPS) is 12.0. The van der Waals surface area contributed by atoms with Gasteiger partial charge in [-0.25, -0.2) is 0 Å². The first-order chi connectivity index (χ1) is 15.2. The van der Waals surface area contributed by atoms with Gasteiger partial charge in [-0.1, -0.05) is 118 Å². The van der Waals surface area contributed by atoms with E-state index >= 15 is 0 Å². The monoisotopic (exact) mass is 455 g/mol. The molecule has 0 unspecified atom stereocenters. The Balaban J connectivity index is 4.68. The second kappa shape index (κ2) is 25.1. The van der Waals surface area contributed by atoms with Crippen molar-refractivity contribution in [2.24, 2.45) is 0 Å². The Kier molecular flexibility index (Phi) is 25.4. The molecule has 0 fully saturated rings. The van der Waals surface area contributed by atoms with Gasteiger partial charge in [-0.05, 0) is 51.4 Å². The van der Waals surface area contributed by atoms with Crippen LogP contribution in [0.25, 0.3) is 0 Å². The molecule has 0 spiro atoms. The van der Waals surface area contributed by atoms with E-state index in [0.717, 1.165) is 0 Å². The molecule has 0 atom stereocenters. The van der Waals surface area contributed by atoms with Gasteiger partial charge in [-0.2, -0.15) is 0 Å². The third-order valence-electron chi connectivity index (χ3n) is 7.44. The summed E-state index contributed by atoms with van der Waals surface area (Å²) in [5.41, 5.74) is 0. The first-order valence-corrected chi connectivity index (χ1v) is 17.6. The molecule has 0 bridgehead atoms. The summed E-state index contributed by atoms with van der Waals surface area (Å²) in [7, 11) is -0.703. The van der Waals surface area contributed by atoms with Crippen molar-refractivity contribution in [1.82, 2.24) is 0 Å². The molecule has 0 aliphatic heterocycles. The Morgan fingerprint density at radius 3 is 0.710 bits per heavy atom. The fourth-order valence-corrected chi connectivity index (χ4v) is 10.1. The molecule has 0 amide bonds. The second-order valence-corrected chi connectivity index (χ2v) is 15.1. The minimum absolute atomic E-state index is 0.703. The Morgan fingerprint density at radius 1 is 0.258 bits per heavy atom. The Hall–Kier alpha value is 0.430. The molecule has 188 valence electrons. The van der Waals surface area contributed by atoms with Crippen molar-refractivity contribution in [1.29, 1.82) is 0 Å². The van der Waals surface area contributed by atoms with Gasteiger partial charge in [0, 0.05) is 7.26 Å². The van der Waals surface area contributed by atoms with Crippen LogP contribution in [0.15, 0.2) is 0 Å². The van der Waals surface area contributed by atoms with Crippen LogP contribution in [0.5, 0.6) is 0 Å². The summed E-state index contributed by atoms with van der Waals surface area (Å²) in [6, 6.07) is 0. The van der Waals surface area contributed by atoms with Crippen LogP contribution in [0.1, 0.15) is 169 Å². The summed E-state index contributed by atoms with van der Waals surface area (Å²) in [6.45, 7) is 9.39. The van der Waals surface area contributed by atoms with Gasteiger partial charge in [-0.15, -0.1) is 0 Å². The molecule has 0 aromatic heterocycles. The molecular formula is C30H64P+. The van der Waals surface area contributed by atoms with Gasteiger partial charge in [-0.3, -0.25) is 0 Å². The van der Waals surface area contributed by atoms with Gasteiger partial charge in [0.2, 0.25) is 0 Å². The van der Waals surface area contributed by atoms with E-state index in [-0.39, 0.29) is 0 Å². The van der Waals surface area contributed by atoms with Gasteiger partial charge in [0.15, 0.2) is 0 Å². The molecule has 1 heteroatoms. The summed E-state index contributed by atoms with van der Waals surface area (Å²) in [6.07, 6.45) is 39.1. The molecule has 0 saturated heterocycles. The van der Waals surface area contributed by atoms with Gasteiger partial charge >= 0.3 is 0 Å². The average molecular weight is 456 g/mol. The van der Waals surface area contributed by atoms with E-state index in [9.17, 15) is 0 Å². The lowest BCUT2D eigenvalue weighted by Crippen LogP contribution is -2.13. The first-order valence-electron chi connectivity index (χ1n) is 15.1. The molecule has 0 N–H and O–H groups in total. The number of rotatable bonds is 26. The zero-order valence-electron chi connectivity index (χ0n) is 22.8. The predicted molar refractivity (Wildman–Crippen MR) is 151 cm³/mol. The van der Waals surface area contributed by atoms with Crippen LogP contribution in [0.4, 0.5) is 0 Å². The lowest BCUT2D eigenvalue weighted by molar-refractivity contribution is 0.614. The summed E-state index contributed by atoms with van der Waals surface area (Å²) >= 11 is 0. The highest BCUT2D eigenvalue weighted by Gasteiger charge is 2.34. The standard InChI is InChI=1S/C30H64P/c1-5-9-13-17-20-24-28-31(27-23-16-12-8-4,29-25-21-18-14-10-6-2)30-26-22-19-15-11-7-3/h5-30H2,1-4H3/q+1. The van der Waals surface area contributed by atoms with Crippen LogP contribution in [0.3, 0.4) is 0 Å². The van der Waals surface area contributed by atoms with Crippen LogP contribution in [0, 0.1) is 0 Å². The third-order valence-corrected chi connectivity index (χ3v) is 12.5. The van der Waals surface area contributed by atoms with E-state index in [0.29, 0.717) is 0 Å². The molecule has 0 aromatic carbocycles. The molecule has 0 heterocycles. The minimum Gasteiger partial charge on any atom is -0.0654 e. The highest BCUT2D eigenvalue weighted by molar-refractivity contribution is 7.75. The highest BCUT2D eigenvalue weighted by atomic mass is 31.2. The van der Waals surface area contributed by atoms with E-state index in [4.69, 9.17) is 0 Å². The van der Waals surface area contributed by atoms with E-state index in [1.807, 2.05) is 0 Å². The zero-order chi connectivity index (χ0) is 22.9. The topological polar surface area (TPSA) is 0 Å². The summed E-state index contributed by atoms with van der Waals surface area (Å²) in [4.78, 5) is 0. The smallest absolute Gasteiger partial charge is 0.0594 e. The Morgan fingerprint density at radius 2 is 0.452 bits per heavy atom. The molecule has 0 aromatic rings. The minimum atomic E-state index is -0.703. The Bertz CT molecular complexity index is 284. The maximum absolute atomic E-state index is 2.37. The van der Waals surface area contributed by atoms with Crippen molar-refractivity contribution >= 4 is 7.26 Å². The molecular weight excluding hydrogens is 391 g/mol. The van der Waals surface area contributed by atoms with E-state index in [1.54, 1.807) is 50.3 Å². The SMILES string of the molecule is CCCCCCCC[P+](CCCCCC)(CCCCCCCC)CCCCCCCC. The lowest BCUT2D eigenvalue weighted by atomic mass is 10.1. The highest BCUT2D eigenvalue weighted by Crippen LogP contribution is 2.61. The predicted octanol–water partition coefficient (Wildman–Crippen LogP) is 11.7. The van der Waals surface area contributed by atoms with E-state index in [2.05, 4.69) is 27.7 Å². The maximum Gasteiger partial charge on any atom is 0.0594 e. The van der Waals surface area contributed by atoms with Gasteiger partial charge in [0.05, 0.1) is 24.6 Å². The van der Waals surface area contributed by atoms with Crippen LogP contribution in [-0.4, -0.2) is 24.6 Å². The fourth-order valence-electron chi connectivity index (χ4n) is 5.23. The molecule has 0 nitrogen and oxygen atoms in total. The Labute approximate surface area is 200 Å². The van der Waals surface area contributed by atoms with Crippen molar-refractivity contribution in [3.63, 3.8) is 0 Å². The molecule has 0 aliphatic rings. The van der Waals surface area contributed by atoms with Crippen molar-refractivity contribution in [3.8, 4) is 0 Å². The fraction of sp³-hybridized carbons (Fsp3) is 1.00. The second-order valence-electron chi connectivity index (χ2n) is 10.6. The number of hydrogen-bond acceptors (Lipinski definition) is 0. The molecule has 31 heavy (non-hydrogen) atoms. The van der Waals surface area contributed by atoms with Crippen LogP contribution >= 0.6 is 7.26 Å². The zero-order valence-corrected chi connectivity index (χ0v) is 23.7. The van der Waals surface area contributed by atoms with Gasteiger partial charge in [0.1, 0.15) is 0 Å². The summed E-state index contributed by atoms with van der Waals surface area (Å²) < 4.78 is 0. The first kappa shape index (κ1) is 31.4. The number of hydrogen-bond donors (Lipinski definition) is 0. The quantitative estimate of drug-likeness (QED) is 0.0898. The van der Waals surface area contributed by atoms with Gasteiger partial charge < -0.3 is 0 Å². The third kappa shape index (κ3) is 20.7. The van der Waals surface area contributed by atoms with Gasteiger partial charge in [0.25, 0.3) is 0 Å². The van der Waals surface area contributed by atoms with E-state index < -0.39 is 7.26 Å².